The second kappa shape index (κ2) is 7.93. The molecule has 1 N–H and O–H groups in total. The van der Waals surface area contributed by atoms with Gasteiger partial charge in [0.15, 0.2) is 11.5 Å². The number of anilines is 1. The van der Waals surface area contributed by atoms with Gasteiger partial charge < -0.3 is 24.1 Å². The van der Waals surface area contributed by atoms with Gasteiger partial charge in [-0.1, -0.05) is 6.07 Å². The van der Waals surface area contributed by atoms with Crippen molar-refractivity contribution in [2.45, 2.75) is 33.2 Å². The molecule has 0 bridgehead atoms. The number of benzene rings is 2. The van der Waals surface area contributed by atoms with E-state index in [0.717, 1.165) is 59.6 Å². The van der Waals surface area contributed by atoms with Crippen molar-refractivity contribution in [3.8, 4) is 33.9 Å². The highest BCUT2D eigenvalue weighted by Crippen LogP contribution is 2.45. The van der Waals surface area contributed by atoms with E-state index in [2.05, 4.69) is 35.0 Å². The number of nitrogens with one attached hydrogen (secondary N) is 1. The number of fused-ring (bicyclic) bond motifs is 4. The normalized spacial score (nSPS) is 13.6. The fourth-order valence-electron chi connectivity index (χ4n) is 5.09. The molecule has 0 atom stereocenters. The van der Waals surface area contributed by atoms with Crippen LogP contribution in [0.25, 0.3) is 22.4 Å². The first-order chi connectivity index (χ1) is 15.6. The molecular formula is C26H28N2O4. The van der Waals surface area contributed by atoms with Gasteiger partial charge in [0.25, 0.3) is 0 Å². The monoisotopic (exact) mass is 432 g/mol. The van der Waals surface area contributed by atoms with E-state index in [0.29, 0.717) is 23.7 Å². The standard InChI is InChI=1S/C26H28N2O4/c1-5-32-26(29)24-23(18-6-7-20-17(12-18)8-10-27-20)15(2)28-11-9-16-13-21(30-3)22(31-4)14-19(16)25(24)28/h6-7,12-14,27H,5,8-11H2,1-4H3. The number of aromatic nitrogens is 1. The number of rotatable bonds is 5. The molecular weight excluding hydrogens is 404 g/mol. The van der Waals surface area contributed by atoms with E-state index in [1.54, 1.807) is 14.2 Å². The molecule has 0 saturated heterocycles. The highest BCUT2D eigenvalue weighted by molar-refractivity contribution is 6.05. The summed E-state index contributed by atoms with van der Waals surface area (Å²) in [7, 11) is 3.28. The Bertz CT molecular complexity index is 1230. The Balaban J connectivity index is 1.78. The van der Waals surface area contributed by atoms with Gasteiger partial charge in [-0.2, -0.15) is 0 Å². The number of ether oxygens (including phenoxy) is 3. The van der Waals surface area contributed by atoms with Crippen molar-refractivity contribution in [1.29, 1.82) is 0 Å². The molecule has 0 amide bonds. The molecule has 0 radical (unpaired) electrons. The summed E-state index contributed by atoms with van der Waals surface area (Å²) in [5.74, 6) is 1.06. The van der Waals surface area contributed by atoms with Gasteiger partial charge in [0.1, 0.15) is 0 Å². The number of aryl methyl sites for hydroxylation is 1. The highest BCUT2D eigenvalue weighted by atomic mass is 16.5. The minimum absolute atomic E-state index is 0.291. The highest BCUT2D eigenvalue weighted by Gasteiger charge is 2.32. The molecule has 2 aliphatic heterocycles. The van der Waals surface area contributed by atoms with Gasteiger partial charge in [0.05, 0.1) is 32.1 Å². The van der Waals surface area contributed by atoms with Crippen LogP contribution < -0.4 is 14.8 Å². The first-order valence-electron chi connectivity index (χ1n) is 11.1. The van der Waals surface area contributed by atoms with Crippen LogP contribution in [-0.2, 0) is 24.1 Å². The van der Waals surface area contributed by atoms with E-state index in [1.165, 1.54) is 11.3 Å². The molecule has 6 heteroatoms. The molecule has 0 aliphatic carbocycles. The van der Waals surface area contributed by atoms with Crippen LogP contribution in [0.1, 0.15) is 34.1 Å². The van der Waals surface area contributed by atoms with Crippen LogP contribution >= 0.6 is 0 Å². The number of carbonyl (C=O) groups is 1. The third kappa shape index (κ3) is 3.05. The number of methoxy groups -OCH3 is 2. The zero-order valence-electron chi connectivity index (χ0n) is 19.0. The molecule has 6 nitrogen and oxygen atoms in total. The largest absolute Gasteiger partial charge is 0.493 e. The van der Waals surface area contributed by atoms with Crippen LogP contribution in [-0.4, -0.2) is 37.9 Å². The van der Waals surface area contributed by atoms with Crippen molar-refractivity contribution in [3.63, 3.8) is 0 Å². The van der Waals surface area contributed by atoms with E-state index in [9.17, 15) is 4.79 Å². The van der Waals surface area contributed by atoms with Crippen LogP contribution in [0, 0.1) is 6.92 Å². The molecule has 32 heavy (non-hydrogen) atoms. The molecule has 0 spiro atoms. The van der Waals surface area contributed by atoms with Crippen molar-refractivity contribution in [2.24, 2.45) is 0 Å². The molecule has 5 rings (SSSR count). The molecule has 0 fully saturated rings. The number of hydrogen-bond donors (Lipinski definition) is 1. The van der Waals surface area contributed by atoms with E-state index < -0.39 is 0 Å². The average molecular weight is 433 g/mol. The number of nitrogens with zero attached hydrogens (tertiary/aromatic N) is 1. The van der Waals surface area contributed by atoms with Crippen molar-refractivity contribution < 1.29 is 19.0 Å². The van der Waals surface area contributed by atoms with Crippen LogP contribution in [0.2, 0.25) is 0 Å². The fourth-order valence-corrected chi connectivity index (χ4v) is 5.09. The lowest BCUT2D eigenvalue weighted by atomic mass is 9.92. The summed E-state index contributed by atoms with van der Waals surface area (Å²) >= 11 is 0. The van der Waals surface area contributed by atoms with Gasteiger partial charge in [-0.3, -0.25) is 0 Å². The predicted molar refractivity (Wildman–Crippen MR) is 125 cm³/mol. The number of hydrogen-bond acceptors (Lipinski definition) is 5. The number of carbonyl (C=O) groups excluding carboxylic acids is 1. The topological polar surface area (TPSA) is 61.7 Å². The SMILES string of the molecule is CCOC(=O)c1c(-c2ccc3c(c2)CCN3)c(C)n2c1-c1cc(OC)c(OC)cc1CC2. The van der Waals surface area contributed by atoms with Crippen molar-refractivity contribution in [3.05, 3.63) is 52.7 Å². The lowest BCUT2D eigenvalue weighted by Crippen LogP contribution is -2.15. The van der Waals surface area contributed by atoms with Crippen LogP contribution in [0.5, 0.6) is 11.5 Å². The minimum atomic E-state index is -0.291. The van der Waals surface area contributed by atoms with Gasteiger partial charge in [-0.05, 0) is 67.6 Å². The van der Waals surface area contributed by atoms with Crippen molar-refractivity contribution in [1.82, 2.24) is 4.57 Å². The first-order valence-corrected chi connectivity index (χ1v) is 11.1. The van der Waals surface area contributed by atoms with Crippen molar-refractivity contribution >= 4 is 11.7 Å². The summed E-state index contributed by atoms with van der Waals surface area (Å²) in [6.45, 7) is 6.01. The maximum atomic E-state index is 13.3. The predicted octanol–water partition coefficient (Wildman–Crippen LogP) is 4.85. The van der Waals surface area contributed by atoms with E-state index >= 15 is 0 Å². The minimum Gasteiger partial charge on any atom is -0.493 e. The third-order valence-electron chi connectivity index (χ3n) is 6.58. The van der Waals surface area contributed by atoms with Gasteiger partial charge in [0.2, 0.25) is 0 Å². The summed E-state index contributed by atoms with van der Waals surface area (Å²) in [6.07, 6.45) is 1.85. The summed E-state index contributed by atoms with van der Waals surface area (Å²) < 4.78 is 18.9. The van der Waals surface area contributed by atoms with Crippen LogP contribution in [0.3, 0.4) is 0 Å². The van der Waals surface area contributed by atoms with E-state index in [-0.39, 0.29) is 5.97 Å². The molecule has 2 aromatic carbocycles. The molecule has 0 unspecified atom stereocenters. The molecule has 3 heterocycles. The molecule has 1 aromatic heterocycles. The van der Waals surface area contributed by atoms with Crippen molar-refractivity contribution in [2.75, 3.05) is 32.7 Å². The quantitative estimate of drug-likeness (QED) is 0.584. The third-order valence-corrected chi connectivity index (χ3v) is 6.58. The summed E-state index contributed by atoms with van der Waals surface area (Å²) in [6, 6.07) is 10.4. The Morgan fingerprint density at radius 2 is 1.84 bits per heavy atom. The maximum absolute atomic E-state index is 13.3. The Morgan fingerprint density at radius 3 is 2.59 bits per heavy atom. The Hall–Kier alpha value is -3.41. The van der Waals surface area contributed by atoms with Crippen LogP contribution in [0.4, 0.5) is 5.69 Å². The second-order valence-corrected chi connectivity index (χ2v) is 8.22. The lowest BCUT2D eigenvalue weighted by molar-refractivity contribution is 0.0528. The van der Waals surface area contributed by atoms with Crippen LogP contribution in [0.15, 0.2) is 30.3 Å². The zero-order chi connectivity index (χ0) is 22.4. The van der Waals surface area contributed by atoms with E-state index in [4.69, 9.17) is 14.2 Å². The zero-order valence-corrected chi connectivity index (χ0v) is 19.0. The van der Waals surface area contributed by atoms with Gasteiger partial charge in [-0.15, -0.1) is 0 Å². The second-order valence-electron chi connectivity index (χ2n) is 8.22. The lowest BCUT2D eigenvalue weighted by Gasteiger charge is -2.23. The first kappa shape index (κ1) is 20.5. The van der Waals surface area contributed by atoms with Gasteiger partial charge >= 0.3 is 5.97 Å². The molecule has 166 valence electrons. The average Bonchev–Trinajstić information content (AvgIpc) is 3.40. The Labute approximate surface area is 188 Å². The fraction of sp³-hybridized carbons (Fsp3) is 0.346. The molecule has 2 aliphatic rings. The molecule has 0 saturated carbocycles. The Kier molecular flexibility index (Phi) is 5.08. The smallest absolute Gasteiger partial charge is 0.340 e. The van der Waals surface area contributed by atoms with E-state index in [1.807, 2.05) is 19.1 Å². The number of esters is 1. The summed E-state index contributed by atoms with van der Waals surface area (Å²) in [5.41, 5.74) is 9.21. The molecule has 3 aromatic rings. The van der Waals surface area contributed by atoms with Gasteiger partial charge in [-0.25, -0.2) is 4.79 Å². The van der Waals surface area contributed by atoms with Gasteiger partial charge in [0, 0.05) is 35.6 Å². The Morgan fingerprint density at radius 1 is 1.06 bits per heavy atom. The maximum Gasteiger partial charge on any atom is 0.340 e. The summed E-state index contributed by atoms with van der Waals surface area (Å²) in [4.78, 5) is 13.3. The summed E-state index contributed by atoms with van der Waals surface area (Å²) in [5, 5.41) is 3.41.